The maximum atomic E-state index is 2.46. The van der Waals surface area contributed by atoms with Gasteiger partial charge in [-0.05, 0) is 59.9 Å². The van der Waals surface area contributed by atoms with Crippen LogP contribution in [0, 0.1) is 38.5 Å². The predicted octanol–water partition coefficient (Wildman–Crippen LogP) is 8.23. The standard InChI is InChI=1S/C29H33.Zr/c1-14-13-24-25(18(5)15(14)2)21(8)28-27-20(7)17(4)16(3)19(6)26(27)22-11-9-10-12-23(22)29(24)28;/h9-13,16-17,19,21H,1-8H3;/q-1;. The van der Waals surface area contributed by atoms with Gasteiger partial charge < -0.3 is 0 Å². The summed E-state index contributed by atoms with van der Waals surface area (Å²) >= 11 is 0. The second-order valence-electron chi connectivity index (χ2n) is 9.87. The molecule has 4 atom stereocenters. The van der Waals surface area contributed by atoms with E-state index in [4.69, 9.17) is 0 Å². The zero-order chi connectivity index (χ0) is 20.8. The molecule has 4 unspecified atom stereocenters. The minimum absolute atomic E-state index is 0. The van der Waals surface area contributed by atoms with Crippen molar-refractivity contribution in [1.82, 2.24) is 0 Å². The second kappa shape index (κ2) is 7.37. The van der Waals surface area contributed by atoms with Gasteiger partial charge in [-0.25, -0.2) is 0 Å². The summed E-state index contributed by atoms with van der Waals surface area (Å²) in [5, 5.41) is 2.93. The molecule has 1 heteroatoms. The first kappa shape index (κ1) is 21.9. The van der Waals surface area contributed by atoms with Crippen LogP contribution in [0.3, 0.4) is 0 Å². The first-order valence-electron chi connectivity index (χ1n) is 11.3. The van der Waals surface area contributed by atoms with E-state index in [9.17, 15) is 0 Å². The minimum atomic E-state index is 0. The van der Waals surface area contributed by atoms with Crippen molar-refractivity contribution in [3.05, 3.63) is 75.2 Å². The van der Waals surface area contributed by atoms with Crippen LogP contribution >= 0.6 is 0 Å². The van der Waals surface area contributed by atoms with E-state index in [-0.39, 0.29) is 26.2 Å². The Morgan fingerprint density at radius 2 is 1.43 bits per heavy atom. The van der Waals surface area contributed by atoms with Crippen LogP contribution in [0.1, 0.15) is 85.4 Å². The van der Waals surface area contributed by atoms with Gasteiger partial charge in [-0.2, -0.15) is 11.5 Å². The average molecular weight is 473 g/mol. The van der Waals surface area contributed by atoms with Gasteiger partial charge in [-0.15, -0.1) is 11.1 Å². The summed E-state index contributed by atoms with van der Waals surface area (Å²) in [5.74, 6) is 3.94. The molecule has 0 amide bonds. The van der Waals surface area contributed by atoms with Gasteiger partial charge in [0.05, 0.1) is 0 Å². The van der Waals surface area contributed by atoms with Gasteiger partial charge in [-0.1, -0.05) is 93.7 Å². The molecule has 5 rings (SSSR count). The van der Waals surface area contributed by atoms with E-state index in [1.54, 1.807) is 28.2 Å². The number of fused-ring (bicyclic) bond motifs is 8. The molecule has 0 fully saturated rings. The normalized spacial score (nSPS) is 24.3. The Morgan fingerprint density at radius 1 is 0.800 bits per heavy atom. The van der Waals surface area contributed by atoms with Crippen LogP contribution in [0.5, 0.6) is 0 Å². The predicted molar refractivity (Wildman–Crippen MR) is 126 cm³/mol. The molecular weight excluding hydrogens is 440 g/mol. The molecule has 3 aromatic carbocycles. The monoisotopic (exact) mass is 471 g/mol. The zero-order valence-electron chi connectivity index (χ0n) is 19.7. The molecule has 0 heterocycles. The smallest absolute Gasteiger partial charge is 0 e. The van der Waals surface area contributed by atoms with E-state index in [0.717, 1.165) is 0 Å². The molecule has 0 spiro atoms. The Bertz CT molecular complexity index is 1170. The molecular formula is C29H33Zr-. The second-order valence-corrected chi connectivity index (χ2v) is 9.87. The maximum absolute atomic E-state index is 2.46. The topological polar surface area (TPSA) is 0 Å². The van der Waals surface area contributed by atoms with Crippen molar-refractivity contribution in [3.8, 4) is 11.1 Å². The number of aryl methyl sites for hydroxylation is 1. The van der Waals surface area contributed by atoms with Crippen LogP contribution in [0.2, 0.25) is 0 Å². The summed E-state index contributed by atoms with van der Waals surface area (Å²) in [6.45, 7) is 19.1. The molecule has 0 radical (unpaired) electrons. The fraction of sp³-hybridized carbons (Fsp3) is 0.414. The molecule has 0 aromatic heterocycles. The third-order valence-electron chi connectivity index (χ3n) is 8.75. The minimum Gasteiger partial charge on any atom is -0.180 e. The molecule has 30 heavy (non-hydrogen) atoms. The summed E-state index contributed by atoms with van der Waals surface area (Å²) in [6.07, 6.45) is 0. The van der Waals surface area contributed by atoms with Crippen LogP contribution in [-0.4, -0.2) is 0 Å². The Kier molecular flexibility index (Phi) is 5.38. The Morgan fingerprint density at radius 3 is 2.10 bits per heavy atom. The van der Waals surface area contributed by atoms with Gasteiger partial charge in [-0.3, -0.25) is 0 Å². The zero-order valence-corrected chi connectivity index (χ0v) is 22.2. The van der Waals surface area contributed by atoms with Crippen LogP contribution in [-0.2, 0) is 26.2 Å². The Balaban J connectivity index is 0.00000218. The van der Waals surface area contributed by atoms with Gasteiger partial charge in [0.15, 0.2) is 0 Å². The first-order valence-corrected chi connectivity index (χ1v) is 11.3. The van der Waals surface area contributed by atoms with Crippen LogP contribution in [0.25, 0.3) is 21.9 Å². The number of benzene rings is 3. The van der Waals surface area contributed by atoms with E-state index in [1.807, 2.05) is 0 Å². The molecule has 154 valence electrons. The third kappa shape index (κ3) is 2.64. The van der Waals surface area contributed by atoms with Crippen molar-refractivity contribution in [2.24, 2.45) is 11.8 Å². The largest absolute Gasteiger partial charge is 0.180 e. The molecule has 0 saturated heterocycles. The third-order valence-corrected chi connectivity index (χ3v) is 8.75. The van der Waals surface area contributed by atoms with Crippen molar-refractivity contribution in [1.29, 1.82) is 0 Å². The first-order chi connectivity index (χ1) is 13.8. The Labute approximate surface area is 201 Å². The van der Waals surface area contributed by atoms with Gasteiger partial charge in [0.2, 0.25) is 0 Å². The van der Waals surface area contributed by atoms with E-state index >= 15 is 0 Å². The summed E-state index contributed by atoms with van der Waals surface area (Å²) in [6, 6.07) is 11.7. The van der Waals surface area contributed by atoms with E-state index in [1.165, 1.54) is 38.6 Å². The molecule has 0 aliphatic heterocycles. The number of rotatable bonds is 0. The molecule has 0 nitrogen and oxygen atoms in total. The van der Waals surface area contributed by atoms with Crippen LogP contribution in [0.4, 0.5) is 0 Å². The van der Waals surface area contributed by atoms with Crippen molar-refractivity contribution < 1.29 is 26.2 Å². The molecule has 2 aliphatic carbocycles. The number of hydrogen-bond acceptors (Lipinski definition) is 0. The summed E-state index contributed by atoms with van der Waals surface area (Å²) in [7, 11) is 0. The summed E-state index contributed by atoms with van der Waals surface area (Å²) in [5.41, 5.74) is 13.7. The molecule has 0 N–H and O–H groups in total. The quantitative estimate of drug-likeness (QED) is 0.289. The van der Waals surface area contributed by atoms with Crippen molar-refractivity contribution in [2.45, 2.75) is 67.2 Å². The fourth-order valence-electron chi connectivity index (χ4n) is 6.44. The molecule has 0 saturated carbocycles. The van der Waals surface area contributed by atoms with E-state index < -0.39 is 0 Å². The van der Waals surface area contributed by atoms with Gasteiger partial charge in [0.25, 0.3) is 0 Å². The van der Waals surface area contributed by atoms with Crippen molar-refractivity contribution >= 4 is 10.8 Å². The molecule has 0 bridgehead atoms. The van der Waals surface area contributed by atoms with Crippen molar-refractivity contribution in [2.75, 3.05) is 0 Å². The molecule has 2 aliphatic rings. The van der Waals surface area contributed by atoms with Crippen LogP contribution in [0.15, 0.2) is 30.3 Å². The maximum Gasteiger partial charge on any atom is 0 e. The van der Waals surface area contributed by atoms with Crippen LogP contribution < -0.4 is 0 Å². The summed E-state index contributed by atoms with van der Waals surface area (Å²) < 4.78 is 0. The van der Waals surface area contributed by atoms with Gasteiger partial charge >= 0.3 is 0 Å². The van der Waals surface area contributed by atoms with Gasteiger partial charge in [0.1, 0.15) is 0 Å². The number of hydrogen-bond donors (Lipinski definition) is 0. The molecule has 3 aromatic rings. The summed E-state index contributed by atoms with van der Waals surface area (Å²) in [4.78, 5) is 0. The van der Waals surface area contributed by atoms with E-state index in [0.29, 0.717) is 23.7 Å². The average Bonchev–Trinajstić information content (AvgIpc) is 3.00. The fourth-order valence-corrected chi connectivity index (χ4v) is 6.44. The van der Waals surface area contributed by atoms with E-state index in [2.05, 4.69) is 85.7 Å². The SMILES string of the molecule is Cc1cc2c(c(C)c1C)C(C)c1c3c(c4ccccc4c1-2)C(C)C(C)C(C)[C-]3C.[Zr]. The Hall–Kier alpha value is -1.33. The van der Waals surface area contributed by atoms with Crippen molar-refractivity contribution in [3.63, 3.8) is 0 Å². The van der Waals surface area contributed by atoms with Gasteiger partial charge in [0, 0.05) is 26.2 Å².